The van der Waals surface area contributed by atoms with Crippen molar-refractivity contribution < 1.29 is 4.39 Å². The van der Waals surface area contributed by atoms with Crippen LogP contribution in [0.15, 0.2) is 48.5 Å². The Kier molecular flexibility index (Phi) is 5.26. The summed E-state index contributed by atoms with van der Waals surface area (Å²) in [4.78, 5) is 4.59. The third-order valence-electron chi connectivity index (χ3n) is 4.35. The van der Waals surface area contributed by atoms with Gasteiger partial charge in [-0.25, -0.2) is 4.39 Å². The van der Waals surface area contributed by atoms with Crippen LogP contribution in [-0.4, -0.2) is 38.1 Å². The lowest BCUT2D eigenvalue weighted by atomic mass is 10.1. The van der Waals surface area contributed by atoms with Gasteiger partial charge in [0.25, 0.3) is 0 Å². The van der Waals surface area contributed by atoms with E-state index in [1.54, 1.807) is 6.07 Å². The summed E-state index contributed by atoms with van der Waals surface area (Å²) in [7, 11) is 1.91. The first kappa shape index (κ1) is 16.0. The summed E-state index contributed by atoms with van der Waals surface area (Å²) in [6.45, 7) is 5.40. The van der Waals surface area contributed by atoms with Crippen molar-refractivity contribution in [3.63, 3.8) is 0 Å². The molecule has 1 fully saturated rings. The molecule has 23 heavy (non-hydrogen) atoms. The average molecular weight is 313 g/mol. The molecule has 1 aliphatic rings. The van der Waals surface area contributed by atoms with Crippen molar-refractivity contribution in [1.29, 1.82) is 0 Å². The topological polar surface area (TPSA) is 18.5 Å². The summed E-state index contributed by atoms with van der Waals surface area (Å²) in [5, 5.41) is 3.12. The predicted molar refractivity (Wildman–Crippen MR) is 93.1 cm³/mol. The smallest absolute Gasteiger partial charge is 0.146 e. The van der Waals surface area contributed by atoms with Crippen LogP contribution < -0.4 is 10.2 Å². The zero-order valence-corrected chi connectivity index (χ0v) is 13.6. The fraction of sp³-hybridized carbons (Fsp3) is 0.368. The molecule has 1 saturated heterocycles. The quantitative estimate of drug-likeness (QED) is 0.916. The highest BCUT2D eigenvalue weighted by Gasteiger charge is 2.19. The number of anilines is 1. The van der Waals surface area contributed by atoms with Gasteiger partial charge in [-0.2, -0.15) is 0 Å². The maximum Gasteiger partial charge on any atom is 0.146 e. The number of nitrogens with one attached hydrogen (secondary N) is 1. The fourth-order valence-corrected chi connectivity index (χ4v) is 3.10. The Balaban J connectivity index is 1.61. The van der Waals surface area contributed by atoms with E-state index >= 15 is 0 Å². The maximum atomic E-state index is 14.2. The monoisotopic (exact) mass is 313 g/mol. The molecule has 2 aromatic rings. The van der Waals surface area contributed by atoms with Gasteiger partial charge >= 0.3 is 0 Å². The molecule has 0 radical (unpaired) electrons. The predicted octanol–water partition coefficient (Wildman–Crippen LogP) is 2.87. The fourth-order valence-electron chi connectivity index (χ4n) is 3.10. The SMILES string of the molecule is CNCc1ccc(F)c(N2CCN(Cc3ccccc3)CC2)c1. The summed E-state index contributed by atoms with van der Waals surface area (Å²) in [6, 6.07) is 15.9. The molecule has 0 aliphatic carbocycles. The summed E-state index contributed by atoms with van der Waals surface area (Å²) in [6.07, 6.45) is 0. The summed E-state index contributed by atoms with van der Waals surface area (Å²) < 4.78 is 14.2. The number of halogens is 1. The van der Waals surface area contributed by atoms with Gasteiger partial charge < -0.3 is 10.2 Å². The first-order valence-electron chi connectivity index (χ1n) is 8.20. The molecule has 0 bridgehead atoms. The van der Waals surface area contributed by atoms with Gasteiger partial charge in [-0.15, -0.1) is 0 Å². The molecule has 3 rings (SSSR count). The molecule has 0 unspecified atom stereocenters. The summed E-state index contributed by atoms with van der Waals surface area (Å²) >= 11 is 0. The first-order chi connectivity index (χ1) is 11.3. The van der Waals surface area contributed by atoms with E-state index in [0.29, 0.717) is 0 Å². The Labute approximate surface area is 137 Å². The molecule has 1 N–H and O–H groups in total. The average Bonchev–Trinajstić information content (AvgIpc) is 2.59. The second kappa shape index (κ2) is 7.57. The lowest BCUT2D eigenvalue weighted by Crippen LogP contribution is -2.46. The molecule has 0 saturated carbocycles. The van der Waals surface area contributed by atoms with E-state index in [9.17, 15) is 4.39 Å². The Morgan fingerprint density at radius 1 is 0.957 bits per heavy atom. The molecule has 4 heteroatoms. The minimum Gasteiger partial charge on any atom is -0.367 e. The molecule has 1 aliphatic heterocycles. The van der Waals surface area contributed by atoms with Crippen LogP contribution in [0.4, 0.5) is 10.1 Å². The maximum absolute atomic E-state index is 14.2. The zero-order chi connectivity index (χ0) is 16.1. The molecule has 1 heterocycles. The molecule has 2 aromatic carbocycles. The van der Waals surface area contributed by atoms with Crippen molar-refractivity contribution in [2.75, 3.05) is 38.1 Å². The molecular weight excluding hydrogens is 289 g/mol. The van der Waals surface area contributed by atoms with Crippen molar-refractivity contribution in [3.05, 3.63) is 65.5 Å². The highest BCUT2D eigenvalue weighted by atomic mass is 19.1. The van der Waals surface area contributed by atoms with Gasteiger partial charge in [0, 0.05) is 39.3 Å². The van der Waals surface area contributed by atoms with Crippen molar-refractivity contribution in [3.8, 4) is 0 Å². The largest absolute Gasteiger partial charge is 0.367 e. The molecule has 122 valence electrons. The van der Waals surface area contributed by atoms with E-state index in [1.165, 1.54) is 5.56 Å². The van der Waals surface area contributed by atoms with E-state index in [2.05, 4.69) is 39.4 Å². The number of benzene rings is 2. The van der Waals surface area contributed by atoms with Crippen LogP contribution in [-0.2, 0) is 13.1 Å². The Morgan fingerprint density at radius 3 is 2.39 bits per heavy atom. The third kappa shape index (κ3) is 4.09. The highest BCUT2D eigenvalue weighted by Crippen LogP contribution is 2.23. The molecule has 3 nitrogen and oxygen atoms in total. The standard InChI is InChI=1S/C19H24FN3/c1-21-14-17-7-8-18(20)19(13-17)23-11-9-22(10-12-23)15-16-5-3-2-4-6-16/h2-8,13,21H,9-12,14-15H2,1H3. The van der Waals surface area contributed by atoms with Crippen LogP contribution in [0.2, 0.25) is 0 Å². The van der Waals surface area contributed by atoms with E-state index < -0.39 is 0 Å². The second-order valence-electron chi connectivity index (χ2n) is 6.06. The normalized spacial score (nSPS) is 15.8. The lowest BCUT2D eigenvalue weighted by Gasteiger charge is -2.36. The minimum atomic E-state index is -0.124. The first-order valence-corrected chi connectivity index (χ1v) is 8.20. The summed E-state index contributed by atoms with van der Waals surface area (Å²) in [5.41, 5.74) is 3.19. The van der Waals surface area contributed by atoms with Crippen molar-refractivity contribution in [1.82, 2.24) is 10.2 Å². The third-order valence-corrected chi connectivity index (χ3v) is 4.35. The van der Waals surface area contributed by atoms with E-state index in [4.69, 9.17) is 0 Å². The van der Waals surface area contributed by atoms with Gasteiger partial charge in [-0.3, -0.25) is 4.90 Å². The zero-order valence-electron chi connectivity index (χ0n) is 13.6. The van der Waals surface area contributed by atoms with Gasteiger partial charge in [0.2, 0.25) is 0 Å². The number of hydrogen-bond donors (Lipinski definition) is 1. The number of nitrogens with zero attached hydrogens (tertiary/aromatic N) is 2. The number of hydrogen-bond acceptors (Lipinski definition) is 3. The molecule has 0 spiro atoms. The van der Waals surface area contributed by atoms with Crippen molar-refractivity contribution in [2.24, 2.45) is 0 Å². The molecule has 0 amide bonds. The summed E-state index contributed by atoms with van der Waals surface area (Å²) in [5.74, 6) is -0.124. The lowest BCUT2D eigenvalue weighted by molar-refractivity contribution is 0.249. The molecule has 0 aromatic heterocycles. The van der Waals surface area contributed by atoms with Gasteiger partial charge in [-0.1, -0.05) is 36.4 Å². The Bertz CT molecular complexity index is 622. The molecular formula is C19H24FN3. The van der Waals surface area contributed by atoms with Crippen LogP contribution in [0, 0.1) is 5.82 Å². The number of rotatable bonds is 5. The molecule has 0 atom stereocenters. The van der Waals surface area contributed by atoms with Gasteiger partial charge in [0.1, 0.15) is 5.82 Å². The highest BCUT2D eigenvalue weighted by molar-refractivity contribution is 5.50. The van der Waals surface area contributed by atoms with E-state index in [-0.39, 0.29) is 5.82 Å². The van der Waals surface area contributed by atoms with Crippen LogP contribution in [0.3, 0.4) is 0 Å². The van der Waals surface area contributed by atoms with Gasteiger partial charge in [-0.05, 0) is 30.3 Å². The minimum absolute atomic E-state index is 0.124. The van der Waals surface area contributed by atoms with E-state index in [0.717, 1.165) is 50.5 Å². The Morgan fingerprint density at radius 2 is 1.70 bits per heavy atom. The Hall–Kier alpha value is -1.91. The van der Waals surface area contributed by atoms with Crippen LogP contribution in [0.1, 0.15) is 11.1 Å². The van der Waals surface area contributed by atoms with Crippen molar-refractivity contribution >= 4 is 5.69 Å². The van der Waals surface area contributed by atoms with E-state index in [1.807, 2.05) is 25.2 Å². The van der Waals surface area contributed by atoms with Gasteiger partial charge in [0.05, 0.1) is 5.69 Å². The number of piperazine rings is 1. The van der Waals surface area contributed by atoms with Crippen molar-refractivity contribution in [2.45, 2.75) is 13.1 Å². The van der Waals surface area contributed by atoms with Crippen LogP contribution in [0.5, 0.6) is 0 Å². The van der Waals surface area contributed by atoms with Crippen LogP contribution >= 0.6 is 0 Å². The van der Waals surface area contributed by atoms with Gasteiger partial charge in [0.15, 0.2) is 0 Å². The van der Waals surface area contributed by atoms with Crippen LogP contribution in [0.25, 0.3) is 0 Å². The second-order valence-corrected chi connectivity index (χ2v) is 6.06.